The number of ether oxygens (including phenoxy) is 4. The van der Waals surface area contributed by atoms with Crippen molar-refractivity contribution in [3.63, 3.8) is 0 Å². The van der Waals surface area contributed by atoms with Crippen LogP contribution in [0.25, 0.3) is 10.9 Å². The Morgan fingerprint density at radius 2 is 1.68 bits per heavy atom. The molecule has 11 heteroatoms. The fraction of sp³-hybridized carbons (Fsp3) is 0.267. The van der Waals surface area contributed by atoms with Crippen molar-refractivity contribution in [3.8, 4) is 23.0 Å². The second kappa shape index (κ2) is 12.0. The quantitative estimate of drug-likeness (QED) is 0.276. The highest BCUT2D eigenvalue weighted by Crippen LogP contribution is 2.38. The van der Waals surface area contributed by atoms with E-state index < -0.39 is 23.2 Å². The van der Waals surface area contributed by atoms with Gasteiger partial charge in [-0.25, -0.2) is 4.39 Å². The van der Waals surface area contributed by atoms with Gasteiger partial charge < -0.3 is 24.3 Å². The molecule has 41 heavy (non-hydrogen) atoms. The molecule has 1 aliphatic rings. The number of nitrogens with zero attached hydrogens (tertiary/aromatic N) is 2. The number of rotatable bonds is 9. The Bertz CT molecular complexity index is 1540. The molecule has 8 nitrogen and oxygen atoms in total. The molecule has 1 amide bonds. The topological polar surface area (TPSA) is 82.2 Å². The first-order chi connectivity index (χ1) is 19.8. The molecule has 1 saturated heterocycles. The molecule has 4 aromatic rings. The third-order valence-corrected chi connectivity index (χ3v) is 6.72. The van der Waals surface area contributed by atoms with Crippen molar-refractivity contribution in [2.45, 2.75) is 12.5 Å². The summed E-state index contributed by atoms with van der Waals surface area (Å²) in [6.45, 7) is 3.63. The van der Waals surface area contributed by atoms with Crippen LogP contribution in [-0.4, -0.2) is 56.3 Å². The third-order valence-electron chi connectivity index (χ3n) is 6.72. The number of nitrogens with one attached hydrogen (secondary N) is 1. The Morgan fingerprint density at radius 3 is 2.37 bits per heavy atom. The van der Waals surface area contributed by atoms with Crippen LogP contribution in [0.1, 0.15) is 11.1 Å². The Hall–Kier alpha value is -4.35. The molecule has 0 bridgehead atoms. The number of pyridine rings is 1. The van der Waals surface area contributed by atoms with E-state index in [4.69, 9.17) is 18.9 Å². The van der Waals surface area contributed by atoms with Crippen molar-refractivity contribution >= 4 is 22.5 Å². The van der Waals surface area contributed by atoms with Crippen molar-refractivity contribution in [2.75, 3.05) is 45.8 Å². The van der Waals surface area contributed by atoms with Gasteiger partial charge in [0.25, 0.3) is 5.91 Å². The van der Waals surface area contributed by atoms with Crippen LogP contribution in [-0.2, 0) is 22.0 Å². The Labute approximate surface area is 234 Å². The zero-order chi connectivity index (χ0) is 29.0. The van der Waals surface area contributed by atoms with Gasteiger partial charge >= 0.3 is 5.92 Å². The number of fused-ring (bicyclic) bond motifs is 1. The van der Waals surface area contributed by atoms with Gasteiger partial charge in [-0.2, -0.15) is 8.78 Å². The van der Waals surface area contributed by atoms with Gasteiger partial charge in [-0.05, 0) is 42.0 Å². The van der Waals surface area contributed by atoms with Crippen molar-refractivity contribution in [1.82, 2.24) is 9.88 Å². The summed E-state index contributed by atoms with van der Waals surface area (Å²) in [6.07, 6.45) is 1.49. The Balaban J connectivity index is 1.29. The predicted octanol–water partition coefficient (Wildman–Crippen LogP) is 5.75. The smallest absolute Gasteiger partial charge is 0.352 e. The molecule has 214 valence electrons. The predicted molar refractivity (Wildman–Crippen MR) is 146 cm³/mol. The minimum Gasteiger partial charge on any atom is -0.493 e. The molecule has 2 heterocycles. The number of halogens is 3. The number of alkyl halides is 2. The Morgan fingerprint density at radius 1 is 0.976 bits per heavy atom. The second-order valence-corrected chi connectivity index (χ2v) is 9.39. The zero-order valence-corrected chi connectivity index (χ0v) is 22.5. The summed E-state index contributed by atoms with van der Waals surface area (Å²) in [6, 6.07) is 14.3. The average Bonchev–Trinajstić information content (AvgIpc) is 2.98. The van der Waals surface area contributed by atoms with Crippen molar-refractivity contribution in [2.24, 2.45) is 0 Å². The first kappa shape index (κ1) is 28.2. The van der Waals surface area contributed by atoms with Crippen LogP contribution in [0.5, 0.6) is 23.0 Å². The lowest BCUT2D eigenvalue weighted by atomic mass is 10.1. The molecule has 0 unspecified atom stereocenters. The molecule has 0 radical (unpaired) electrons. The summed E-state index contributed by atoms with van der Waals surface area (Å²) in [5.74, 6) is -5.93. The van der Waals surface area contributed by atoms with Crippen molar-refractivity contribution < 1.29 is 36.9 Å². The summed E-state index contributed by atoms with van der Waals surface area (Å²) in [4.78, 5) is 19.0. The summed E-state index contributed by atoms with van der Waals surface area (Å²) in [5, 5.41) is 2.72. The number of carbonyl (C=O) groups is 1. The third kappa shape index (κ3) is 6.21. The Kier molecular flexibility index (Phi) is 8.27. The SMILES string of the molecule is COc1cc2nccc(Oc3ccc(C(F)(F)C(=O)Nc4ccc(CN5CCOCC5)cc4)c(F)c3)c2cc1OC. The molecule has 1 fully saturated rings. The number of benzene rings is 3. The molecule has 1 aromatic heterocycles. The maximum absolute atomic E-state index is 15.1. The van der Waals surface area contributed by atoms with E-state index in [9.17, 15) is 9.18 Å². The first-order valence-corrected chi connectivity index (χ1v) is 12.9. The maximum atomic E-state index is 15.1. The molecule has 0 saturated carbocycles. The maximum Gasteiger partial charge on any atom is 0.352 e. The normalized spacial score (nSPS) is 14.1. The number of methoxy groups -OCH3 is 2. The molecular formula is C30H28F3N3O5. The van der Waals surface area contributed by atoms with E-state index >= 15 is 8.78 Å². The molecule has 1 N–H and O–H groups in total. The van der Waals surface area contributed by atoms with E-state index in [0.29, 0.717) is 47.9 Å². The summed E-state index contributed by atoms with van der Waals surface area (Å²) in [5.41, 5.74) is 0.599. The minimum absolute atomic E-state index is 0.0411. The van der Waals surface area contributed by atoms with Crippen LogP contribution in [0, 0.1) is 5.82 Å². The molecule has 1 aliphatic heterocycles. The van der Waals surface area contributed by atoms with Gasteiger partial charge in [0.2, 0.25) is 0 Å². The molecule has 0 aliphatic carbocycles. The molecule has 3 aromatic carbocycles. The van der Waals surface area contributed by atoms with Gasteiger partial charge in [0.05, 0.1) is 38.5 Å². The minimum atomic E-state index is -4.14. The van der Waals surface area contributed by atoms with Gasteiger partial charge in [0, 0.05) is 49.0 Å². The van der Waals surface area contributed by atoms with Crippen LogP contribution in [0.3, 0.4) is 0 Å². The van der Waals surface area contributed by atoms with Gasteiger partial charge in [0.1, 0.15) is 17.3 Å². The van der Waals surface area contributed by atoms with Gasteiger partial charge in [-0.3, -0.25) is 14.7 Å². The number of carbonyl (C=O) groups excluding carboxylic acids is 1. The average molecular weight is 568 g/mol. The highest BCUT2D eigenvalue weighted by atomic mass is 19.3. The summed E-state index contributed by atoms with van der Waals surface area (Å²) < 4.78 is 66.8. The number of anilines is 1. The molecular weight excluding hydrogens is 539 g/mol. The van der Waals surface area contributed by atoms with E-state index in [1.165, 1.54) is 26.5 Å². The number of aromatic nitrogens is 1. The van der Waals surface area contributed by atoms with E-state index in [1.54, 1.807) is 42.5 Å². The van der Waals surface area contributed by atoms with Crippen molar-refractivity contribution in [3.05, 3.63) is 83.8 Å². The van der Waals surface area contributed by atoms with Crippen molar-refractivity contribution in [1.29, 1.82) is 0 Å². The van der Waals surface area contributed by atoms with E-state index in [0.717, 1.165) is 30.8 Å². The summed E-state index contributed by atoms with van der Waals surface area (Å²) in [7, 11) is 2.97. The number of hydrogen-bond acceptors (Lipinski definition) is 7. The second-order valence-electron chi connectivity index (χ2n) is 9.39. The lowest BCUT2D eigenvalue weighted by Crippen LogP contribution is -2.35. The number of hydrogen-bond donors (Lipinski definition) is 1. The van der Waals surface area contributed by atoms with Gasteiger partial charge in [-0.1, -0.05) is 12.1 Å². The fourth-order valence-electron chi connectivity index (χ4n) is 4.52. The number of amides is 1. The van der Waals surface area contributed by atoms with Crippen LogP contribution in [0.15, 0.2) is 66.9 Å². The van der Waals surface area contributed by atoms with E-state index in [-0.39, 0.29) is 11.4 Å². The van der Waals surface area contributed by atoms with Crippen LogP contribution in [0.2, 0.25) is 0 Å². The fourth-order valence-corrected chi connectivity index (χ4v) is 4.52. The van der Waals surface area contributed by atoms with Crippen LogP contribution < -0.4 is 19.5 Å². The highest BCUT2D eigenvalue weighted by Gasteiger charge is 2.43. The van der Waals surface area contributed by atoms with Gasteiger partial charge in [0.15, 0.2) is 11.5 Å². The molecule has 5 rings (SSSR count). The number of morpholine rings is 1. The highest BCUT2D eigenvalue weighted by molar-refractivity contribution is 5.96. The first-order valence-electron chi connectivity index (χ1n) is 12.9. The molecule has 0 spiro atoms. The monoisotopic (exact) mass is 567 g/mol. The van der Waals surface area contributed by atoms with Crippen LogP contribution in [0.4, 0.5) is 18.9 Å². The zero-order valence-electron chi connectivity index (χ0n) is 22.5. The molecule has 0 atom stereocenters. The van der Waals surface area contributed by atoms with Crippen LogP contribution >= 0.6 is 0 Å². The van der Waals surface area contributed by atoms with E-state index in [2.05, 4.69) is 15.2 Å². The standard InChI is InChI=1S/C30H28F3N3O5/c1-38-27-16-22-25(17-28(27)39-2)34-10-9-26(22)41-21-7-8-23(24(31)15-21)30(32,33)29(37)35-20-5-3-19(4-6-20)18-36-11-13-40-14-12-36/h3-10,15-17H,11-14,18H2,1-2H3,(H,35,37). The lowest BCUT2D eigenvalue weighted by Gasteiger charge is -2.26. The van der Waals surface area contributed by atoms with E-state index in [1.807, 2.05) is 0 Å². The summed E-state index contributed by atoms with van der Waals surface area (Å²) >= 11 is 0. The lowest BCUT2D eigenvalue weighted by molar-refractivity contribution is -0.141. The largest absolute Gasteiger partial charge is 0.493 e. The van der Waals surface area contributed by atoms with Gasteiger partial charge in [-0.15, -0.1) is 0 Å².